The van der Waals surface area contributed by atoms with Crippen molar-refractivity contribution in [3.05, 3.63) is 33.7 Å². The highest BCUT2D eigenvalue weighted by atomic mass is 16.5. The first-order valence-electron chi connectivity index (χ1n) is 5.80. The van der Waals surface area contributed by atoms with Crippen molar-refractivity contribution in [3.8, 4) is 0 Å². The minimum Gasteiger partial charge on any atom is -0.477 e. The minimum absolute atomic E-state index is 0.212. The van der Waals surface area contributed by atoms with Crippen LogP contribution in [-0.4, -0.2) is 27.9 Å². The van der Waals surface area contributed by atoms with Crippen LogP contribution in [0.2, 0.25) is 0 Å². The molecule has 18 heavy (non-hydrogen) atoms. The van der Waals surface area contributed by atoms with Gasteiger partial charge < -0.3 is 14.4 Å². The summed E-state index contributed by atoms with van der Waals surface area (Å²) in [5, 5.41) is 8.89. The van der Waals surface area contributed by atoms with Crippen LogP contribution in [0, 0.1) is 6.92 Å². The van der Waals surface area contributed by atoms with Crippen LogP contribution in [0.25, 0.3) is 0 Å². The number of carboxylic acid groups (broad SMARTS) is 1. The predicted octanol–water partition coefficient (Wildman–Crippen LogP) is 1.67. The van der Waals surface area contributed by atoms with Gasteiger partial charge >= 0.3 is 5.97 Å². The monoisotopic (exact) mass is 253 g/mol. The maximum absolute atomic E-state index is 11.9. The van der Waals surface area contributed by atoms with Crippen LogP contribution in [0.3, 0.4) is 0 Å². The first-order valence-corrected chi connectivity index (χ1v) is 5.80. The Morgan fingerprint density at radius 3 is 2.50 bits per heavy atom. The minimum atomic E-state index is -1.20. The average Bonchev–Trinajstić information content (AvgIpc) is 2.20. The van der Waals surface area contributed by atoms with Crippen LogP contribution >= 0.6 is 0 Å². The van der Waals surface area contributed by atoms with Crippen molar-refractivity contribution >= 4 is 5.97 Å². The Morgan fingerprint density at radius 1 is 1.39 bits per heavy atom. The molecule has 0 saturated carbocycles. The molecule has 0 amide bonds. The third-order valence-corrected chi connectivity index (χ3v) is 2.47. The zero-order valence-corrected chi connectivity index (χ0v) is 11.2. The zero-order valence-electron chi connectivity index (χ0n) is 11.2. The second-order valence-electron chi connectivity index (χ2n) is 5.11. The van der Waals surface area contributed by atoms with Crippen molar-refractivity contribution in [1.29, 1.82) is 0 Å². The van der Waals surface area contributed by atoms with E-state index in [4.69, 9.17) is 9.84 Å². The van der Waals surface area contributed by atoms with Gasteiger partial charge in [-0.15, -0.1) is 0 Å². The van der Waals surface area contributed by atoms with Gasteiger partial charge in [-0.05, 0) is 39.8 Å². The Hall–Kier alpha value is -1.62. The van der Waals surface area contributed by atoms with E-state index in [1.165, 1.54) is 10.6 Å². The number of ether oxygens (including phenoxy) is 1. The number of aromatic carboxylic acids is 1. The summed E-state index contributed by atoms with van der Waals surface area (Å²) in [6.07, 6.45) is 0. The highest BCUT2D eigenvalue weighted by molar-refractivity contribution is 5.87. The molecule has 0 atom stereocenters. The van der Waals surface area contributed by atoms with E-state index in [-0.39, 0.29) is 11.2 Å². The zero-order chi connectivity index (χ0) is 13.9. The normalized spacial score (nSPS) is 11.6. The molecule has 0 aliphatic carbocycles. The van der Waals surface area contributed by atoms with Crippen molar-refractivity contribution < 1.29 is 14.6 Å². The van der Waals surface area contributed by atoms with Gasteiger partial charge in [-0.2, -0.15) is 0 Å². The van der Waals surface area contributed by atoms with Crippen molar-refractivity contribution in [2.24, 2.45) is 0 Å². The summed E-state index contributed by atoms with van der Waals surface area (Å²) in [5.74, 6) is -1.20. The molecule has 1 N–H and O–H groups in total. The summed E-state index contributed by atoms with van der Waals surface area (Å²) in [6, 6.07) is 2.96. The van der Waals surface area contributed by atoms with Crippen molar-refractivity contribution in [3.63, 3.8) is 0 Å². The molecular weight excluding hydrogens is 234 g/mol. The molecule has 0 radical (unpaired) electrons. The molecule has 1 aromatic rings. The Morgan fingerprint density at radius 2 is 2.00 bits per heavy atom. The Bertz CT molecular complexity index is 497. The standard InChI is InChI=1S/C13H19NO4/c1-9-5-6-10(12(16)17)11(15)14(9)7-8-18-13(2,3)4/h5-6H,7-8H2,1-4H3,(H,16,17). The van der Waals surface area contributed by atoms with Crippen molar-refractivity contribution in [2.45, 2.75) is 39.8 Å². The van der Waals surface area contributed by atoms with E-state index in [1.807, 2.05) is 20.8 Å². The second kappa shape index (κ2) is 5.35. The number of aryl methyl sites for hydroxylation is 1. The topological polar surface area (TPSA) is 68.5 Å². The van der Waals surface area contributed by atoms with Gasteiger partial charge in [0.05, 0.1) is 12.2 Å². The fourth-order valence-corrected chi connectivity index (χ4v) is 1.55. The fraction of sp³-hybridized carbons (Fsp3) is 0.538. The third-order valence-electron chi connectivity index (χ3n) is 2.47. The van der Waals surface area contributed by atoms with Crippen LogP contribution in [0.4, 0.5) is 0 Å². The van der Waals surface area contributed by atoms with Gasteiger partial charge in [-0.3, -0.25) is 4.79 Å². The highest BCUT2D eigenvalue weighted by Gasteiger charge is 2.14. The van der Waals surface area contributed by atoms with Gasteiger partial charge in [0.25, 0.3) is 5.56 Å². The largest absolute Gasteiger partial charge is 0.477 e. The van der Waals surface area contributed by atoms with Gasteiger partial charge in [0, 0.05) is 12.2 Å². The summed E-state index contributed by atoms with van der Waals surface area (Å²) < 4.78 is 6.96. The molecule has 0 aliphatic rings. The molecule has 5 heteroatoms. The van der Waals surface area contributed by atoms with E-state index in [0.717, 1.165) is 5.69 Å². The Balaban J connectivity index is 2.92. The van der Waals surface area contributed by atoms with Crippen LogP contribution in [0.1, 0.15) is 36.8 Å². The molecule has 0 aliphatic heterocycles. The van der Waals surface area contributed by atoms with Gasteiger partial charge in [0.2, 0.25) is 0 Å². The van der Waals surface area contributed by atoms with E-state index in [0.29, 0.717) is 13.2 Å². The average molecular weight is 253 g/mol. The molecule has 0 bridgehead atoms. The molecule has 100 valence electrons. The molecule has 1 heterocycles. The molecule has 0 saturated heterocycles. The van der Waals surface area contributed by atoms with Gasteiger partial charge in [-0.1, -0.05) is 0 Å². The first-order chi connectivity index (χ1) is 8.22. The molecule has 0 spiro atoms. The van der Waals surface area contributed by atoms with Crippen LogP contribution in [-0.2, 0) is 11.3 Å². The van der Waals surface area contributed by atoms with Crippen LogP contribution in [0.5, 0.6) is 0 Å². The SMILES string of the molecule is Cc1ccc(C(=O)O)c(=O)n1CCOC(C)(C)C. The smallest absolute Gasteiger partial charge is 0.341 e. The predicted molar refractivity (Wildman–Crippen MR) is 68.1 cm³/mol. The van der Waals surface area contributed by atoms with Gasteiger partial charge in [0.1, 0.15) is 5.56 Å². The fourth-order valence-electron chi connectivity index (χ4n) is 1.55. The summed E-state index contributed by atoms with van der Waals surface area (Å²) in [6.45, 7) is 8.27. The number of carbonyl (C=O) groups is 1. The number of hydrogen-bond donors (Lipinski definition) is 1. The van der Waals surface area contributed by atoms with Crippen molar-refractivity contribution in [1.82, 2.24) is 4.57 Å². The van der Waals surface area contributed by atoms with E-state index in [1.54, 1.807) is 13.0 Å². The summed E-state index contributed by atoms with van der Waals surface area (Å²) in [7, 11) is 0. The number of carboxylic acids is 1. The molecule has 0 unspecified atom stereocenters. The van der Waals surface area contributed by atoms with E-state index in [2.05, 4.69) is 0 Å². The Labute approximate surface area is 106 Å². The van der Waals surface area contributed by atoms with Crippen molar-refractivity contribution in [2.75, 3.05) is 6.61 Å². The lowest BCUT2D eigenvalue weighted by molar-refractivity contribution is -0.00736. The highest BCUT2D eigenvalue weighted by Crippen LogP contribution is 2.07. The second-order valence-corrected chi connectivity index (χ2v) is 5.11. The number of aromatic nitrogens is 1. The lowest BCUT2D eigenvalue weighted by Crippen LogP contribution is -2.31. The van der Waals surface area contributed by atoms with Gasteiger partial charge in [0.15, 0.2) is 0 Å². The lowest BCUT2D eigenvalue weighted by Gasteiger charge is -2.20. The first kappa shape index (κ1) is 14.4. The molecule has 1 rings (SSSR count). The van der Waals surface area contributed by atoms with Gasteiger partial charge in [-0.25, -0.2) is 4.79 Å². The summed E-state index contributed by atoms with van der Waals surface area (Å²) >= 11 is 0. The number of rotatable bonds is 4. The maximum Gasteiger partial charge on any atom is 0.341 e. The van der Waals surface area contributed by atoms with E-state index < -0.39 is 11.5 Å². The molecule has 1 aromatic heterocycles. The number of hydrogen-bond acceptors (Lipinski definition) is 3. The summed E-state index contributed by atoms with van der Waals surface area (Å²) in [4.78, 5) is 22.8. The van der Waals surface area contributed by atoms with E-state index >= 15 is 0 Å². The van der Waals surface area contributed by atoms with Crippen LogP contribution in [0.15, 0.2) is 16.9 Å². The Kier molecular flexibility index (Phi) is 4.29. The summed E-state index contributed by atoms with van der Waals surface area (Å²) in [5.41, 5.74) is -0.249. The number of pyridine rings is 1. The number of nitrogens with zero attached hydrogens (tertiary/aromatic N) is 1. The molecule has 0 fully saturated rings. The quantitative estimate of drug-likeness (QED) is 0.886. The maximum atomic E-state index is 11.9. The molecule has 0 aromatic carbocycles. The molecule has 5 nitrogen and oxygen atoms in total. The lowest BCUT2D eigenvalue weighted by atomic mass is 10.2. The molecular formula is C13H19NO4. The van der Waals surface area contributed by atoms with E-state index in [9.17, 15) is 9.59 Å². The van der Waals surface area contributed by atoms with Crippen LogP contribution < -0.4 is 5.56 Å². The third kappa shape index (κ3) is 3.70.